The molecule has 2 aromatic carbocycles. The van der Waals surface area contributed by atoms with Crippen molar-refractivity contribution in [3.8, 4) is 0 Å². The third-order valence-corrected chi connectivity index (χ3v) is 5.06. The van der Waals surface area contributed by atoms with Crippen LogP contribution in [-0.2, 0) is 20.9 Å². The molecule has 1 aromatic heterocycles. The first-order chi connectivity index (χ1) is 15.2. The zero-order valence-corrected chi connectivity index (χ0v) is 18.0. The number of hydrogen-bond acceptors (Lipinski definition) is 5. The Kier molecular flexibility index (Phi) is 8.12. The Morgan fingerprint density at radius 1 is 1.13 bits per heavy atom. The number of unbranched alkanes of at least 4 members (excludes halogenated alkanes) is 1. The summed E-state index contributed by atoms with van der Waals surface area (Å²) in [5, 5.41) is 11.2. The summed E-state index contributed by atoms with van der Waals surface area (Å²) in [5.74, 6) is -0.406. The first kappa shape index (κ1) is 22.4. The largest absolute Gasteiger partial charge is 0.383 e. The van der Waals surface area contributed by atoms with Gasteiger partial charge in [0, 0.05) is 20.2 Å². The highest BCUT2D eigenvalue weighted by Gasteiger charge is 2.31. The highest BCUT2D eigenvalue weighted by Crippen LogP contribution is 2.23. The first-order valence-electron chi connectivity index (χ1n) is 10.5. The molecule has 0 aliphatic heterocycles. The van der Waals surface area contributed by atoms with Crippen LogP contribution in [0.25, 0.3) is 11.0 Å². The monoisotopic (exact) mass is 423 g/mol. The molecule has 0 saturated heterocycles. The molecule has 3 aromatic rings. The van der Waals surface area contributed by atoms with E-state index in [1.165, 1.54) is 0 Å². The topological polar surface area (TPSA) is 89.4 Å². The van der Waals surface area contributed by atoms with Gasteiger partial charge in [-0.25, -0.2) is 4.68 Å². The maximum absolute atomic E-state index is 13.4. The van der Waals surface area contributed by atoms with Crippen molar-refractivity contribution in [3.63, 3.8) is 0 Å². The molecule has 8 heteroatoms. The first-order valence-corrected chi connectivity index (χ1v) is 10.5. The fourth-order valence-electron chi connectivity index (χ4n) is 3.46. The van der Waals surface area contributed by atoms with Crippen molar-refractivity contribution >= 4 is 22.8 Å². The van der Waals surface area contributed by atoms with Crippen molar-refractivity contribution in [3.05, 3.63) is 60.2 Å². The summed E-state index contributed by atoms with van der Waals surface area (Å²) in [6.07, 6.45) is 1.70. The minimum Gasteiger partial charge on any atom is -0.383 e. The average Bonchev–Trinajstić information content (AvgIpc) is 3.20. The third-order valence-electron chi connectivity index (χ3n) is 5.06. The Balaban J connectivity index is 1.89. The van der Waals surface area contributed by atoms with Crippen LogP contribution < -0.4 is 5.32 Å². The van der Waals surface area contributed by atoms with Crippen LogP contribution in [0.2, 0.25) is 0 Å². The van der Waals surface area contributed by atoms with E-state index < -0.39 is 6.04 Å². The van der Waals surface area contributed by atoms with Gasteiger partial charge in [0.2, 0.25) is 11.8 Å². The van der Waals surface area contributed by atoms with E-state index in [2.05, 4.69) is 22.6 Å². The van der Waals surface area contributed by atoms with Gasteiger partial charge in [0.1, 0.15) is 18.1 Å². The van der Waals surface area contributed by atoms with Crippen molar-refractivity contribution in [2.75, 3.05) is 26.8 Å². The molecule has 31 heavy (non-hydrogen) atoms. The highest BCUT2D eigenvalue weighted by molar-refractivity contribution is 5.89. The number of amides is 2. The number of carbonyl (C=O) groups excluding carboxylic acids is 2. The molecule has 2 amide bonds. The van der Waals surface area contributed by atoms with Gasteiger partial charge in [0.05, 0.1) is 12.1 Å². The number of nitrogens with one attached hydrogen (secondary N) is 1. The van der Waals surface area contributed by atoms with E-state index in [1.54, 1.807) is 16.7 Å². The van der Waals surface area contributed by atoms with Gasteiger partial charge in [0.15, 0.2) is 0 Å². The normalized spacial score (nSPS) is 11.9. The summed E-state index contributed by atoms with van der Waals surface area (Å²) in [6, 6.07) is 16.2. The van der Waals surface area contributed by atoms with E-state index >= 15 is 0 Å². The van der Waals surface area contributed by atoms with Crippen LogP contribution in [0.4, 0.5) is 0 Å². The Morgan fingerprint density at radius 2 is 1.87 bits per heavy atom. The van der Waals surface area contributed by atoms with Crippen molar-refractivity contribution in [1.29, 1.82) is 0 Å². The Bertz CT molecular complexity index is 989. The number of carbonyl (C=O) groups is 2. The van der Waals surface area contributed by atoms with E-state index in [1.807, 2.05) is 54.6 Å². The number of nitrogens with zero attached hydrogens (tertiary/aromatic N) is 4. The molecule has 8 nitrogen and oxygen atoms in total. The second kappa shape index (κ2) is 11.2. The molecule has 0 spiro atoms. The zero-order chi connectivity index (χ0) is 22.1. The average molecular weight is 424 g/mol. The quantitative estimate of drug-likeness (QED) is 0.479. The molecule has 0 unspecified atom stereocenters. The Hall–Kier alpha value is -3.26. The summed E-state index contributed by atoms with van der Waals surface area (Å²) >= 11 is 0. The summed E-state index contributed by atoms with van der Waals surface area (Å²) in [4.78, 5) is 28.2. The van der Waals surface area contributed by atoms with E-state index in [0.717, 1.165) is 29.4 Å². The minimum absolute atomic E-state index is 0.0128. The van der Waals surface area contributed by atoms with Gasteiger partial charge in [-0.2, -0.15) is 0 Å². The molecule has 0 bridgehead atoms. The molecule has 1 atom stereocenters. The fraction of sp³-hybridized carbons (Fsp3) is 0.391. The van der Waals surface area contributed by atoms with E-state index in [9.17, 15) is 9.59 Å². The predicted molar refractivity (Wildman–Crippen MR) is 118 cm³/mol. The molecule has 1 heterocycles. The van der Waals surface area contributed by atoms with Crippen LogP contribution in [-0.4, -0.2) is 58.5 Å². The second-order valence-electron chi connectivity index (χ2n) is 7.27. The number of ether oxygens (including phenoxy) is 1. The Morgan fingerprint density at radius 3 is 2.61 bits per heavy atom. The number of benzene rings is 2. The third kappa shape index (κ3) is 5.67. The molecule has 0 radical (unpaired) electrons. The lowest BCUT2D eigenvalue weighted by atomic mass is 10.0. The van der Waals surface area contributed by atoms with Crippen LogP contribution >= 0.6 is 0 Å². The maximum atomic E-state index is 13.4. The molecule has 0 fully saturated rings. The smallest absolute Gasteiger partial charge is 0.247 e. The number of fused-ring (bicyclic) bond motifs is 1. The van der Waals surface area contributed by atoms with Crippen molar-refractivity contribution in [2.45, 2.75) is 32.4 Å². The molecule has 0 aliphatic rings. The van der Waals surface area contributed by atoms with Crippen LogP contribution in [0.3, 0.4) is 0 Å². The molecule has 164 valence electrons. The maximum Gasteiger partial charge on any atom is 0.247 e. The predicted octanol–water partition coefficient (Wildman–Crippen LogP) is 2.56. The van der Waals surface area contributed by atoms with Gasteiger partial charge < -0.3 is 15.0 Å². The van der Waals surface area contributed by atoms with E-state index in [0.29, 0.717) is 19.7 Å². The van der Waals surface area contributed by atoms with E-state index in [-0.39, 0.29) is 18.4 Å². The van der Waals surface area contributed by atoms with Crippen LogP contribution in [0.5, 0.6) is 0 Å². The van der Waals surface area contributed by atoms with Crippen molar-refractivity contribution in [1.82, 2.24) is 25.2 Å². The lowest BCUT2D eigenvalue weighted by Crippen LogP contribution is -2.46. The van der Waals surface area contributed by atoms with Crippen LogP contribution in [0.15, 0.2) is 54.6 Å². The molecule has 1 N–H and O–H groups in total. The fourth-order valence-corrected chi connectivity index (χ4v) is 3.46. The van der Waals surface area contributed by atoms with Gasteiger partial charge in [-0.3, -0.25) is 9.59 Å². The molecular formula is C23H29N5O3. The highest BCUT2D eigenvalue weighted by atomic mass is 16.5. The number of methoxy groups -OCH3 is 1. The van der Waals surface area contributed by atoms with Gasteiger partial charge >= 0.3 is 0 Å². The van der Waals surface area contributed by atoms with Gasteiger partial charge in [-0.1, -0.05) is 61.0 Å². The summed E-state index contributed by atoms with van der Waals surface area (Å²) in [5.41, 5.74) is 2.28. The number of hydrogen-bond donors (Lipinski definition) is 1. The lowest BCUT2D eigenvalue weighted by molar-refractivity contribution is -0.141. The van der Waals surface area contributed by atoms with Gasteiger partial charge in [-0.15, -0.1) is 5.10 Å². The van der Waals surface area contributed by atoms with Crippen LogP contribution in [0.1, 0.15) is 31.4 Å². The number of rotatable bonds is 11. The zero-order valence-electron chi connectivity index (χ0n) is 18.0. The molecule has 3 rings (SSSR count). The van der Waals surface area contributed by atoms with Crippen LogP contribution in [0, 0.1) is 0 Å². The Labute approximate surface area is 182 Å². The number of aromatic nitrogens is 3. The summed E-state index contributed by atoms with van der Waals surface area (Å²) in [6.45, 7) is 3.32. The molecule has 0 saturated carbocycles. The van der Waals surface area contributed by atoms with E-state index in [4.69, 9.17) is 4.74 Å². The van der Waals surface area contributed by atoms with Crippen molar-refractivity contribution < 1.29 is 14.3 Å². The minimum atomic E-state index is -0.730. The standard InChI is InChI=1S/C23H29N5O3/c1-3-4-15-27(21(29)17-28-20-13-9-8-12-19(20)25-26-28)22(18-10-6-5-7-11-18)23(30)24-14-16-31-2/h5-13,22H,3-4,14-17H2,1-2H3,(H,24,30)/t22-/m1/s1. The second-order valence-corrected chi connectivity index (χ2v) is 7.27. The lowest BCUT2D eigenvalue weighted by Gasteiger charge is -2.31. The summed E-state index contributed by atoms with van der Waals surface area (Å²) in [7, 11) is 1.58. The van der Waals surface area contributed by atoms with Gasteiger partial charge in [-0.05, 0) is 24.1 Å². The molecule has 0 aliphatic carbocycles. The van der Waals surface area contributed by atoms with Gasteiger partial charge in [0.25, 0.3) is 0 Å². The molecular weight excluding hydrogens is 394 g/mol. The number of para-hydroxylation sites is 1. The SMILES string of the molecule is CCCCN(C(=O)Cn1nnc2ccccc21)[C@@H](C(=O)NCCOC)c1ccccc1. The van der Waals surface area contributed by atoms with Crippen molar-refractivity contribution in [2.24, 2.45) is 0 Å². The summed E-state index contributed by atoms with van der Waals surface area (Å²) < 4.78 is 6.63.